The predicted molar refractivity (Wildman–Crippen MR) is 117 cm³/mol. The Hall–Kier alpha value is -3.60. The van der Waals surface area contributed by atoms with E-state index in [4.69, 9.17) is 0 Å². The number of nitrogens with one attached hydrogen (secondary N) is 3. The fraction of sp³-hybridized carbons (Fsp3) is 0.167. The number of fused-ring (bicyclic) bond motifs is 1. The Labute approximate surface area is 170 Å². The molecule has 0 aliphatic carbocycles. The number of aromatic amines is 1. The van der Waals surface area contributed by atoms with Crippen molar-refractivity contribution in [2.45, 2.75) is 19.9 Å². The van der Waals surface area contributed by atoms with Crippen molar-refractivity contribution < 1.29 is 4.79 Å². The number of nitrogens with zero attached hydrogens (tertiary/aromatic N) is 1. The van der Waals surface area contributed by atoms with Crippen LogP contribution in [0.5, 0.6) is 0 Å². The van der Waals surface area contributed by atoms with E-state index in [1.807, 2.05) is 37.3 Å². The number of para-hydroxylation sites is 1. The number of carbonyl (C=O) groups excluding carboxylic acids is 1. The number of benzene rings is 2. The highest BCUT2D eigenvalue weighted by molar-refractivity contribution is 5.94. The predicted octanol–water partition coefficient (Wildman–Crippen LogP) is 4.46. The number of amides is 1. The first-order chi connectivity index (χ1) is 14.2. The summed E-state index contributed by atoms with van der Waals surface area (Å²) in [6.45, 7) is 3.29. The maximum Gasteiger partial charge on any atom is 0.251 e. The molecule has 2 heterocycles. The molecule has 0 atom stereocenters. The fourth-order valence-electron chi connectivity index (χ4n) is 3.44. The van der Waals surface area contributed by atoms with Gasteiger partial charge in [0.2, 0.25) is 0 Å². The third-order valence-corrected chi connectivity index (χ3v) is 4.93. The highest BCUT2D eigenvalue weighted by atomic mass is 16.1. The zero-order valence-electron chi connectivity index (χ0n) is 16.4. The average molecular weight is 384 g/mol. The van der Waals surface area contributed by atoms with Crippen molar-refractivity contribution in [1.82, 2.24) is 15.3 Å². The second-order valence-corrected chi connectivity index (χ2v) is 7.14. The van der Waals surface area contributed by atoms with Crippen LogP contribution in [-0.4, -0.2) is 22.4 Å². The number of hydrogen-bond acceptors (Lipinski definition) is 3. The molecule has 0 unspecified atom stereocenters. The van der Waals surface area contributed by atoms with Gasteiger partial charge in [0.15, 0.2) is 0 Å². The summed E-state index contributed by atoms with van der Waals surface area (Å²) < 4.78 is 0. The number of aryl methyl sites for hydroxylation is 1. The minimum Gasteiger partial charge on any atom is -0.370 e. The van der Waals surface area contributed by atoms with E-state index in [0.29, 0.717) is 17.9 Å². The number of pyridine rings is 1. The molecule has 146 valence electrons. The summed E-state index contributed by atoms with van der Waals surface area (Å²) in [7, 11) is 0. The van der Waals surface area contributed by atoms with Crippen molar-refractivity contribution in [1.29, 1.82) is 0 Å². The van der Waals surface area contributed by atoms with Crippen LogP contribution in [0.25, 0.3) is 10.9 Å². The number of H-pyrrole nitrogens is 1. The normalized spacial score (nSPS) is 10.8. The monoisotopic (exact) mass is 384 g/mol. The van der Waals surface area contributed by atoms with E-state index < -0.39 is 0 Å². The Bertz CT molecular complexity index is 1130. The number of aromatic nitrogens is 2. The molecule has 4 aromatic rings. The van der Waals surface area contributed by atoms with Gasteiger partial charge in [0, 0.05) is 41.9 Å². The standard InChI is InChI=1S/C24H24N4O/c1-17-5-4-6-18(13-17)15-28-24(29)19-9-11-25-23(14-19)26-12-10-20-16-27-22-8-3-2-7-21(20)22/h2-9,11,13-14,16,27H,10,12,15H2,1H3,(H,25,26)(H,28,29). The molecule has 0 saturated heterocycles. The molecule has 3 N–H and O–H groups in total. The third kappa shape index (κ3) is 4.63. The quantitative estimate of drug-likeness (QED) is 0.441. The zero-order chi connectivity index (χ0) is 20.1. The Morgan fingerprint density at radius 1 is 1.07 bits per heavy atom. The number of rotatable bonds is 7. The van der Waals surface area contributed by atoms with Crippen molar-refractivity contribution in [3.8, 4) is 0 Å². The molecule has 0 fully saturated rings. The van der Waals surface area contributed by atoms with Gasteiger partial charge >= 0.3 is 0 Å². The summed E-state index contributed by atoms with van der Waals surface area (Å²) in [5.41, 5.74) is 5.28. The average Bonchev–Trinajstić information content (AvgIpc) is 3.15. The van der Waals surface area contributed by atoms with Gasteiger partial charge in [-0.15, -0.1) is 0 Å². The van der Waals surface area contributed by atoms with Gasteiger partial charge in [0.1, 0.15) is 5.82 Å². The largest absolute Gasteiger partial charge is 0.370 e. The zero-order valence-corrected chi connectivity index (χ0v) is 16.4. The minimum atomic E-state index is -0.103. The molecule has 0 radical (unpaired) electrons. The van der Waals surface area contributed by atoms with Crippen LogP contribution in [0.15, 0.2) is 73.1 Å². The number of anilines is 1. The topological polar surface area (TPSA) is 69.8 Å². The van der Waals surface area contributed by atoms with Gasteiger partial charge < -0.3 is 15.6 Å². The molecule has 1 amide bonds. The molecule has 0 aliphatic rings. The molecule has 5 nitrogen and oxygen atoms in total. The molecule has 5 heteroatoms. The lowest BCUT2D eigenvalue weighted by Gasteiger charge is -2.09. The SMILES string of the molecule is Cc1cccc(CNC(=O)c2ccnc(NCCc3c[nH]c4ccccc34)c2)c1. The van der Waals surface area contributed by atoms with Crippen molar-refractivity contribution in [3.05, 3.63) is 95.3 Å². The highest BCUT2D eigenvalue weighted by Gasteiger charge is 2.08. The molecule has 4 rings (SSSR count). The number of carbonyl (C=O) groups is 1. The van der Waals surface area contributed by atoms with Crippen molar-refractivity contribution in [3.63, 3.8) is 0 Å². The second-order valence-electron chi connectivity index (χ2n) is 7.14. The molecule has 2 aromatic heterocycles. The van der Waals surface area contributed by atoms with Crippen LogP contribution in [0.2, 0.25) is 0 Å². The van der Waals surface area contributed by atoms with E-state index in [9.17, 15) is 4.79 Å². The Kier molecular flexibility index (Phi) is 5.56. The van der Waals surface area contributed by atoms with Gasteiger partial charge in [-0.05, 0) is 42.7 Å². The van der Waals surface area contributed by atoms with Crippen LogP contribution in [-0.2, 0) is 13.0 Å². The second kappa shape index (κ2) is 8.61. The van der Waals surface area contributed by atoms with E-state index in [0.717, 1.165) is 24.0 Å². The van der Waals surface area contributed by atoms with Gasteiger partial charge in [-0.3, -0.25) is 4.79 Å². The molecular formula is C24H24N4O. The highest BCUT2D eigenvalue weighted by Crippen LogP contribution is 2.18. The Morgan fingerprint density at radius 2 is 1.97 bits per heavy atom. The first-order valence-corrected chi connectivity index (χ1v) is 9.78. The van der Waals surface area contributed by atoms with Gasteiger partial charge in [0.25, 0.3) is 5.91 Å². The summed E-state index contributed by atoms with van der Waals surface area (Å²) in [5.74, 6) is 0.599. The Morgan fingerprint density at radius 3 is 2.86 bits per heavy atom. The van der Waals surface area contributed by atoms with Gasteiger partial charge in [0.05, 0.1) is 0 Å². The van der Waals surface area contributed by atoms with Crippen LogP contribution in [0.1, 0.15) is 27.0 Å². The maximum absolute atomic E-state index is 12.5. The summed E-state index contributed by atoms with van der Waals surface area (Å²) in [6.07, 6.45) is 4.58. The van der Waals surface area contributed by atoms with E-state index in [-0.39, 0.29) is 5.91 Å². The van der Waals surface area contributed by atoms with Crippen LogP contribution in [0, 0.1) is 6.92 Å². The van der Waals surface area contributed by atoms with E-state index in [2.05, 4.69) is 45.0 Å². The molecule has 2 aromatic carbocycles. The molecular weight excluding hydrogens is 360 g/mol. The van der Waals surface area contributed by atoms with Gasteiger partial charge in [-0.2, -0.15) is 0 Å². The van der Waals surface area contributed by atoms with Crippen LogP contribution in [0.4, 0.5) is 5.82 Å². The first-order valence-electron chi connectivity index (χ1n) is 9.78. The van der Waals surface area contributed by atoms with E-state index in [1.54, 1.807) is 18.3 Å². The van der Waals surface area contributed by atoms with E-state index in [1.165, 1.54) is 16.5 Å². The van der Waals surface area contributed by atoms with Crippen molar-refractivity contribution >= 4 is 22.6 Å². The third-order valence-electron chi connectivity index (χ3n) is 4.93. The molecule has 0 bridgehead atoms. The minimum absolute atomic E-state index is 0.103. The number of hydrogen-bond donors (Lipinski definition) is 3. The smallest absolute Gasteiger partial charge is 0.251 e. The molecule has 0 saturated carbocycles. The van der Waals surface area contributed by atoms with Gasteiger partial charge in [-0.1, -0.05) is 48.0 Å². The Balaban J connectivity index is 1.33. The maximum atomic E-state index is 12.5. The summed E-state index contributed by atoms with van der Waals surface area (Å²) in [6, 6.07) is 19.9. The lowest BCUT2D eigenvalue weighted by atomic mass is 10.1. The lowest BCUT2D eigenvalue weighted by Crippen LogP contribution is -2.23. The van der Waals surface area contributed by atoms with Gasteiger partial charge in [-0.25, -0.2) is 4.98 Å². The van der Waals surface area contributed by atoms with Crippen molar-refractivity contribution in [2.24, 2.45) is 0 Å². The molecule has 29 heavy (non-hydrogen) atoms. The van der Waals surface area contributed by atoms with Crippen molar-refractivity contribution in [2.75, 3.05) is 11.9 Å². The first kappa shape index (κ1) is 18.7. The van der Waals surface area contributed by atoms with Crippen LogP contribution in [0.3, 0.4) is 0 Å². The summed E-state index contributed by atoms with van der Waals surface area (Å²) in [4.78, 5) is 20.1. The summed E-state index contributed by atoms with van der Waals surface area (Å²) >= 11 is 0. The van der Waals surface area contributed by atoms with Crippen LogP contribution >= 0.6 is 0 Å². The fourth-order valence-corrected chi connectivity index (χ4v) is 3.44. The van der Waals surface area contributed by atoms with Crippen LogP contribution < -0.4 is 10.6 Å². The molecule has 0 aliphatic heterocycles. The summed E-state index contributed by atoms with van der Waals surface area (Å²) in [5, 5.41) is 7.53. The van der Waals surface area contributed by atoms with E-state index >= 15 is 0 Å². The lowest BCUT2D eigenvalue weighted by molar-refractivity contribution is 0.0951. The molecule has 0 spiro atoms.